The molecular weight excluding hydrogens is 120 g/mol. The van der Waals surface area contributed by atoms with Gasteiger partial charge in [-0.2, -0.15) is 5.43 Å². The molecule has 0 saturated heterocycles. The fraction of sp³-hybridized carbons (Fsp3) is 1.00. The van der Waals surface area contributed by atoms with Crippen molar-refractivity contribution >= 4 is 0 Å². The smallest absolute Gasteiger partial charge is 0.0853 e. The Morgan fingerprint density at radius 2 is 1.78 bits per heavy atom. The van der Waals surface area contributed by atoms with Crippen molar-refractivity contribution < 1.29 is 15.2 Å². The summed E-state index contributed by atoms with van der Waals surface area (Å²) in [5, 5.41) is 8.36. The van der Waals surface area contributed by atoms with E-state index in [9.17, 15) is 0 Å². The zero-order valence-electron chi connectivity index (χ0n) is 6.31. The molecule has 0 rings (SSSR count). The van der Waals surface area contributed by atoms with E-state index in [2.05, 4.69) is 5.43 Å². The highest BCUT2D eigenvalue weighted by Gasteiger charge is 2.02. The van der Waals surface area contributed by atoms with Gasteiger partial charge < -0.3 is 10.6 Å². The van der Waals surface area contributed by atoms with Gasteiger partial charge in [0.05, 0.1) is 34.3 Å². The maximum Gasteiger partial charge on any atom is 0.0853 e. The molecule has 0 aliphatic carbocycles. The van der Waals surface area contributed by atoms with Crippen LogP contribution in [-0.4, -0.2) is 49.5 Å². The van der Waals surface area contributed by atoms with Gasteiger partial charge in [-0.05, 0) is 0 Å². The van der Waals surface area contributed by atoms with E-state index in [4.69, 9.17) is 5.11 Å². The molecule has 0 amide bonds. The zero-order chi connectivity index (χ0) is 6.62. The van der Waals surface area contributed by atoms with Gasteiger partial charge in [0.1, 0.15) is 0 Å². The third-order valence-corrected chi connectivity index (χ3v) is 0.698. The number of rotatable bonds is 3. The number of aliphatic hydroxyl groups is 1. The van der Waals surface area contributed by atoms with E-state index in [1.165, 1.54) is 0 Å². The van der Waals surface area contributed by atoms with Gasteiger partial charge in [0.15, 0.2) is 0 Å². The summed E-state index contributed by atoms with van der Waals surface area (Å²) in [5.74, 6) is 0. The van der Waals surface area contributed by atoms with Gasteiger partial charge in [-0.1, -0.05) is 0 Å². The molecule has 0 aromatic rings. The predicted octanol–water partition coefficient (Wildman–Crippen LogP) is -1.64. The summed E-state index contributed by atoms with van der Waals surface area (Å²) < 4.78 is 0.695. The summed E-state index contributed by atoms with van der Waals surface area (Å²) in [6.07, 6.45) is 0. The van der Waals surface area contributed by atoms with Crippen molar-refractivity contribution in [1.29, 1.82) is 0 Å². The van der Waals surface area contributed by atoms with Crippen LogP contribution in [0, 0.1) is 0 Å². The lowest BCUT2D eigenvalue weighted by Crippen LogP contribution is -2.49. The van der Waals surface area contributed by atoms with Gasteiger partial charge in [0, 0.05) is 0 Å². The molecule has 0 radical (unpaired) electrons. The second kappa shape index (κ2) is 4.69. The van der Waals surface area contributed by atoms with E-state index in [1.54, 1.807) is 0 Å². The Balaban J connectivity index is 0. The van der Waals surface area contributed by atoms with Gasteiger partial charge >= 0.3 is 0 Å². The molecule has 58 valence electrons. The van der Waals surface area contributed by atoms with Crippen LogP contribution in [0.4, 0.5) is 0 Å². The third kappa shape index (κ3) is 11.4. The van der Waals surface area contributed by atoms with Crippen molar-refractivity contribution in [3.05, 3.63) is 0 Å². The Morgan fingerprint density at radius 1 is 1.33 bits per heavy atom. The number of hydrogen-bond acceptors (Lipinski definition) is 2. The quantitative estimate of drug-likeness (QED) is 0.362. The fourth-order valence-electron chi connectivity index (χ4n) is 0.385. The molecule has 0 unspecified atom stereocenters. The van der Waals surface area contributed by atoms with Crippen molar-refractivity contribution in [2.24, 2.45) is 0 Å². The standard InChI is InChI=1S/C5H15N2O.H2O/c1-7(2,3)6-4-5-8;/h6,8H,4-5H2,1-3H3;1H2/q+1;. The van der Waals surface area contributed by atoms with E-state index in [0.717, 1.165) is 0 Å². The fourth-order valence-corrected chi connectivity index (χ4v) is 0.385. The number of nitrogens with zero attached hydrogens (tertiary/aromatic N) is 1. The van der Waals surface area contributed by atoms with Crippen LogP contribution in [0.1, 0.15) is 0 Å². The number of quaternary nitrogens is 1. The Morgan fingerprint density at radius 3 is 1.89 bits per heavy atom. The van der Waals surface area contributed by atoms with E-state index in [1.807, 2.05) is 21.1 Å². The first-order chi connectivity index (χ1) is 3.56. The van der Waals surface area contributed by atoms with Crippen LogP contribution >= 0.6 is 0 Å². The van der Waals surface area contributed by atoms with Crippen LogP contribution < -0.4 is 5.43 Å². The maximum absolute atomic E-state index is 8.36. The molecular formula is C5H17N2O2+. The van der Waals surface area contributed by atoms with Crippen LogP contribution in [0.15, 0.2) is 0 Å². The molecule has 0 aromatic carbocycles. The lowest BCUT2D eigenvalue weighted by atomic mass is 10.7. The first kappa shape index (κ1) is 11.6. The van der Waals surface area contributed by atoms with Crippen molar-refractivity contribution in [2.45, 2.75) is 0 Å². The summed E-state index contributed by atoms with van der Waals surface area (Å²) in [4.78, 5) is 0. The summed E-state index contributed by atoms with van der Waals surface area (Å²) in [6, 6.07) is 0. The number of nitrogens with one attached hydrogen (secondary N) is 1. The van der Waals surface area contributed by atoms with Crippen molar-refractivity contribution in [2.75, 3.05) is 34.3 Å². The second-order valence-electron chi connectivity index (χ2n) is 2.64. The summed E-state index contributed by atoms with van der Waals surface area (Å²) in [5.41, 5.74) is 3.06. The van der Waals surface area contributed by atoms with Crippen LogP contribution in [0.25, 0.3) is 0 Å². The van der Waals surface area contributed by atoms with E-state index in [-0.39, 0.29) is 12.1 Å². The Labute approximate surface area is 56.0 Å². The predicted molar refractivity (Wildman–Crippen MR) is 36.7 cm³/mol. The SMILES string of the molecule is C[N+](C)(C)NCCO.O. The normalized spacial score (nSPS) is 10.7. The minimum absolute atomic E-state index is 0. The minimum atomic E-state index is 0. The summed E-state index contributed by atoms with van der Waals surface area (Å²) in [6.45, 7) is 0.860. The molecule has 0 aromatic heterocycles. The second-order valence-corrected chi connectivity index (χ2v) is 2.64. The minimum Gasteiger partial charge on any atom is -0.412 e. The molecule has 0 fully saturated rings. The summed E-state index contributed by atoms with van der Waals surface area (Å²) >= 11 is 0. The van der Waals surface area contributed by atoms with Gasteiger partial charge in [-0.15, -0.1) is 0 Å². The van der Waals surface area contributed by atoms with E-state index in [0.29, 0.717) is 11.1 Å². The molecule has 9 heavy (non-hydrogen) atoms. The van der Waals surface area contributed by atoms with E-state index >= 15 is 0 Å². The lowest BCUT2D eigenvalue weighted by molar-refractivity contribution is -0.915. The number of hydrogen-bond donors (Lipinski definition) is 2. The lowest BCUT2D eigenvalue weighted by Gasteiger charge is -2.23. The molecule has 0 aliphatic rings. The van der Waals surface area contributed by atoms with Gasteiger partial charge in [0.25, 0.3) is 0 Å². The van der Waals surface area contributed by atoms with Crippen molar-refractivity contribution in [3.8, 4) is 0 Å². The van der Waals surface area contributed by atoms with Gasteiger partial charge in [-0.25, -0.2) is 0 Å². The topological polar surface area (TPSA) is 63.8 Å². The average molecular weight is 137 g/mol. The highest BCUT2D eigenvalue weighted by molar-refractivity contribution is 4.24. The van der Waals surface area contributed by atoms with Crippen LogP contribution in [0.2, 0.25) is 0 Å². The molecule has 0 spiro atoms. The van der Waals surface area contributed by atoms with Gasteiger partial charge in [-0.3, -0.25) is 4.59 Å². The van der Waals surface area contributed by atoms with E-state index < -0.39 is 0 Å². The van der Waals surface area contributed by atoms with Crippen LogP contribution in [-0.2, 0) is 0 Å². The molecule has 0 aliphatic heterocycles. The molecule has 0 atom stereocenters. The molecule has 0 bridgehead atoms. The monoisotopic (exact) mass is 137 g/mol. The third-order valence-electron chi connectivity index (χ3n) is 0.698. The molecule has 4 nitrogen and oxygen atoms in total. The molecule has 4 N–H and O–H groups in total. The van der Waals surface area contributed by atoms with Gasteiger partial charge in [0.2, 0.25) is 0 Å². The van der Waals surface area contributed by atoms with Crippen molar-refractivity contribution in [3.63, 3.8) is 0 Å². The molecule has 0 saturated carbocycles. The number of aliphatic hydroxyl groups excluding tert-OH is 1. The average Bonchev–Trinajstić information content (AvgIpc) is 1.59. The van der Waals surface area contributed by atoms with Crippen molar-refractivity contribution in [1.82, 2.24) is 5.43 Å². The Kier molecular flexibility index (Phi) is 6.06. The molecule has 0 heterocycles. The highest BCUT2D eigenvalue weighted by Crippen LogP contribution is 1.77. The zero-order valence-corrected chi connectivity index (χ0v) is 6.31. The van der Waals surface area contributed by atoms with Crippen LogP contribution in [0.5, 0.6) is 0 Å². The first-order valence-corrected chi connectivity index (χ1v) is 2.74. The first-order valence-electron chi connectivity index (χ1n) is 2.74. The largest absolute Gasteiger partial charge is 0.412 e. The van der Waals surface area contributed by atoms with Crippen LogP contribution in [0.3, 0.4) is 0 Å². The summed E-state index contributed by atoms with van der Waals surface area (Å²) in [7, 11) is 6.03. The Bertz CT molecular complexity index is 60.5. The molecule has 4 heteroatoms. The maximum atomic E-state index is 8.36. The highest BCUT2D eigenvalue weighted by atomic mass is 16.3. The Hall–Kier alpha value is -0.160.